The number of nitrogens with two attached hydrogens (primary N) is 2. The molecule has 0 aromatic heterocycles. The minimum absolute atomic E-state index is 0.369. The van der Waals surface area contributed by atoms with E-state index in [2.05, 4.69) is 15.9 Å². The molecule has 0 aliphatic carbocycles. The number of anilines is 1. The average molecular weight is 321 g/mol. The molecular weight excluding hydrogens is 308 g/mol. The molecule has 0 aliphatic rings. The van der Waals surface area contributed by atoms with Crippen molar-refractivity contribution in [2.75, 3.05) is 5.73 Å². The van der Waals surface area contributed by atoms with Crippen LogP contribution in [0.5, 0.6) is 5.75 Å². The molecule has 0 fully saturated rings. The Morgan fingerprint density at radius 2 is 1.84 bits per heavy atom. The fourth-order valence-corrected chi connectivity index (χ4v) is 1.84. The molecule has 2 rings (SSSR count). The predicted octanol–water partition coefficient (Wildman–Crippen LogP) is 2.71. The van der Waals surface area contributed by atoms with Crippen molar-refractivity contribution in [2.45, 2.75) is 6.61 Å². The van der Waals surface area contributed by atoms with Crippen LogP contribution in [-0.2, 0) is 6.61 Å². The summed E-state index contributed by atoms with van der Waals surface area (Å²) in [4.78, 5) is 11.0. The Labute approximate surface area is 119 Å². The number of primary amides is 1. The number of amides is 1. The monoisotopic (exact) mass is 320 g/mol. The van der Waals surface area contributed by atoms with E-state index in [0.717, 1.165) is 10.0 Å². The number of rotatable bonds is 4. The number of benzene rings is 2. The summed E-state index contributed by atoms with van der Waals surface area (Å²) in [6.07, 6.45) is 0. The summed E-state index contributed by atoms with van der Waals surface area (Å²) in [6, 6.07) is 12.6. The van der Waals surface area contributed by atoms with E-state index < -0.39 is 5.91 Å². The Bertz CT molecular complexity index is 597. The lowest BCUT2D eigenvalue weighted by molar-refractivity contribution is 0.100. The SMILES string of the molecule is NC(=O)c1ccc(OCc2ccc(Br)cc2)c(N)c1. The van der Waals surface area contributed by atoms with Crippen molar-refractivity contribution in [3.05, 3.63) is 58.1 Å². The molecule has 0 unspecified atom stereocenters. The lowest BCUT2D eigenvalue weighted by Gasteiger charge is -2.09. The predicted molar refractivity (Wildman–Crippen MR) is 77.8 cm³/mol. The Balaban J connectivity index is 2.07. The Kier molecular flexibility index (Phi) is 4.06. The zero-order chi connectivity index (χ0) is 13.8. The van der Waals surface area contributed by atoms with Gasteiger partial charge in [0.15, 0.2) is 0 Å². The summed E-state index contributed by atoms with van der Waals surface area (Å²) >= 11 is 3.37. The first-order chi connectivity index (χ1) is 9.06. The van der Waals surface area contributed by atoms with E-state index in [4.69, 9.17) is 16.2 Å². The van der Waals surface area contributed by atoms with E-state index in [9.17, 15) is 4.79 Å². The number of carbonyl (C=O) groups is 1. The third-order valence-corrected chi connectivity index (χ3v) is 3.13. The van der Waals surface area contributed by atoms with E-state index in [0.29, 0.717) is 23.6 Å². The third kappa shape index (κ3) is 3.48. The molecule has 0 spiro atoms. The van der Waals surface area contributed by atoms with Crippen LogP contribution >= 0.6 is 15.9 Å². The molecule has 4 nitrogen and oxygen atoms in total. The van der Waals surface area contributed by atoms with Crippen molar-refractivity contribution in [2.24, 2.45) is 5.73 Å². The number of halogens is 1. The van der Waals surface area contributed by atoms with E-state index in [1.165, 1.54) is 6.07 Å². The van der Waals surface area contributed by atoms with Gasteiger partial charge in [-0.3, -0.25) is 4.79 Å². The fraction of sp³-hybridized carbons (Fsp3) is 0.0714. The maximum absolute atomic E-state index is 11.0. The van der Waals surface area contributed by atoms with Crippen LogP contribution in [0.25, 0.3) is 0 Å². The molecule has 5 heteroatoms. The van der Waals surface area contributed by atoms with Crippen LogP contribution in [0.1, 0.15) is 15.9 Å². The third-order valence-electron chi connectivity index (χ3n) is 2.60. The average Bonchev–Trinajstić information content (AvgIpc) is 2.39. The molecule has 0 saturated heterocycles. The maximum Gasteiger partial charge on any atom is 0.248 e. The highest BCUT2D eigenvalue weighted by Gasteiger charge is 2.06. The van der Waals surface area contributed by atoms with Gasteiger partial charge in [-0.15, -0.1) is 0 Å². The summed E-state index contributed by atoms with van der Waals surface area (Å²) in [7, 11) is 0. The lowest BCUT2D eigenvalue weighted by Crippen LogP contribution is -2.11. The first-order valence-corrected chi connectivity index (χ1v) is 6.42. The summed E-state index contributed by atoms with van der Waals surface area (Å²) in [5.74, 6) is 0.0269. The van der Waals surface area contributed by atoms with E-state index in [-0.39, 0.29) is 0 Å². The number of hydrogen-bond acceptors (Lipinski definition) is 3. The van der Waals surface area contributed by atoms with Gasteiger partial charge in [0.1, 0.15) is 12.4 Å². The molecule has 4 N–H and O–H groups in total. The molecule has 19 heavy (non-hydrogen) atoms. The zero-order valence-corrected chi connectivity index (χ0v) is 11.7. The Morgan fingerprint density at radius 3 is 2.42 bits per heavy atom. The number of carbonyl (C=O) groups excluding carboxylic acids is 1. The van der Waals surface area contributed by atoms with Crippen LogP contribution in [0.15, 0.2) is 46.9 Å². The summed E-state index contributed by atoms with van der Waals surface area (Å²) in [5.41, 5.74) is 12.8. The van der Waals surface area contributed by atoms with Crippen LogP contribution in [0, 0.1) is 0 Å². The fourth-order valence-electron chi connectivity index (χ4n) is 1.57. The highest BCUT2D eigenvalue weighted by Crippen LogP contribution is 2.23. The molecular formula is C14H13BrN2O2. The molecule has 0 heterocycles. The second-order valence-electron chi connectivity index (χ2n) is 4.03. The van der Waals surface area contributed by atoms with E-state index in [1.54, 1.807) is 12.1 Å². The molecule has 98 valence electrons. The molecule has 0 atom stereocenters. The lowest BCUT2D eigenvalue weighted by atomic mass is 10.2. The largest absolute Gasteiger partial charge is 0.487 e. The zero-order valence-electron chi connectivity index (χ0n) is 10.1. The number of ether oxygens (including phenoxy) is 1. The van der Waals surface area contributed by atoms with E-state index in [1.807, 2.05) is 24.3 Å². The molecule has 0 bridgehead atoms. The molecule has 0 saturated carbocycles. The minimum Gasteiger partial charge on any atom is -0.487 e. The van der Waals surface area contributed by atoms with Gasteiger partial charge >= 0.3 is 0 Å². The first-order valence-electron chi connectivity index (χ1n) is 5.63. The molecule has 0 radical (unpaired) electrons. The van der Waals surface area contributed by atoms with Gasteiger partial charge in [-0.1, -0.05) is 28.1 Å². The van der Waals surface area contributed by atoms with Crippen LogP contribution in [0.3, 0.4) is 0 Å². The molecule has 2 aromatic rings. The van der Waals surface area contributed by atoms with Crippen molar-refractivity contribution < 1.29 is 9.53 Å². The topological polar surface area (TPSA) is 78.3 Å². The van der Waals surface area contributed by atoms with Gasteiger partial charge < -0.3 is 16.2 Å². The molecule has 1 amide bonds. The first kappa shape index (κ1) is 13.4. The summed E-state index contributed by atoms with van der Waals surface area (Å²) < 4.78 is 6.62. The van der Waals surface area contributed by atoms with Gasteiger partial charge in [-0.25, -0.2) is 0 Å². The van der Waals surface area contributed by atoms with Crippen LogP contribution in [0.2, 0.25) is 0 Å². The molecule has 2 aromatic carbocycles. The number of nitrogen functional groups attached to an aromatic ring is 1. The number of hydrogen-bond donors (Lipinski definition) is 2. The van der Waals surface area contributed by atoms with Crippen LogP contribution < -0.4 is 16.2 Å². The summed E-state index contributed by atoms with van der Waals surface area (Å²) in [6.45, 7) is 0.410. The highest BCUT2D eigenvalue weighted by molar-refractivity contribution is 9.10. The Morgan fingerprint density at radius 1 is 1.16 bits per heavy atom. The highest BCUT2D eigenvalue weighted by atomic mass is 79.9. The van der Waals surface area contributed by atoms with Gasteiger partial charge in [0, 0.05) is 10.0 Å². The second-order valence-corrected chi connectivity index (χ2v) is 4.95. The summed E-state index contributed by atoms with van der Waals surface area (Å²) in [5, 5.41) is 0. The minimum atomic E-state index is -0.508. The standard InChI is InChI=1S/C14H13BrN2O2/c15-11-4-1-9(2-5-11)8-19-13-6-3-10(14(17)18)7-12(13)16/h1-7H,8,16H2,(H2,17,18). The van der Waals surface area contributed by atoms with Crippen LogP contribution in [-0.4, -0.2) is 5.91 Å². The maximum atomic E-state index is 11.0. The van der Waals surface area contributed by atoms with Gasteiger partial charge in [-0.2, -0.15) is 0 Å². The van der Waals surface area contributed by atoms with Crippen molar-refractivity contribution in [3.63, 3.8) is 0 Å². The van der Waals surface area contributed by atoms with Gasteiger partial charge in [0.05, 0.1) is 5.69 Å². The second kappa shape index (κ2) is 5.75. The van der Waals surface area contributed by atoms with Crippen LogP contribution in [0.4, 0.5) is 5.69 Å². The van der Waals surface area contributed by atoms with Gasteiger partial charge in [-0.05, 0) is 35.9 Å². The van der Waals surface area contributed by atoms with Gasteiger partial charge in [0.2, 0.25) is 5.91 Å². The quantitative estimate of drug-likeness (QED) is 0.850. The van der Waals surface area contributed by atoms with Crippen molar-refractivity contribution >= 4 is 27.5 Å². The van der Waals surface area contributed by atoms with E-state index >= 15 is 0 Å². The smallest absolute Gasteiger partial charge is 0.248 e. The van der Waals surface area contributed by atoms with Crippen molar-refractivity contribution in [1.82, 2.24) is 0 Å². The van der Waals surface area contributed by atoms with Crippen molar-refractivity contribution in [1.29, 1.82) is 0 Å². The normalized spacial score (nSPS) is 10.2. The van der Waals surface area contributed by atoms with Crippen molar-refractivity contribution in [3.8, 4) is 5.75 Å². The Hall–Kier alpha value is -2.01. The molecule has 0 aliphatic heterocycles. The van der Waals surface area contributed by atoms with Gasteiger partial charge in [0.25, 0.3) is 0 Å².